The molecule has 2 aromatic carbocycles. The molecule has 3 aromatic rings. The van der Waals surface area contributed by atoms with Gasteiger partial charge in [-0.05, 0) is 60.7 Å². The first-order valence-electron chi connectivity index (χ1n) is 11.3. The lowest BCUT2D eigenvalue weighted by Crippen LogP contribution is -2.45. The maximum atomic E-state index is 13.3. The second-order valence-corrected chi connectivity index (χ2v) is 8.47. The predicted octanol–water partition coefficient (Wildman–Crippen LogP) is 3.97. The van der Waals surface area contributed by atoms with Gasteiger partial charge in [0.25, 0.3) is 5.91 Å². The summed E-state index contributed by atoms with van der Waals surface area (Å²) < 4.78 is 5.27. The van der Waals surface area contributed by atoms with Crippen molar-refractivity contribution >= 4 is 11.8 Å². The minimum Gasteiger partial charge on any atom is -0.497 e. The van der Waals surface area contributed by atoms with Gasteiger partial charge in [0, 0.05) is 37.6 Å². The molecular formula is C27H29N3O3. The third kappa shape index (κ3) is 4.90. The van der Waals surface area contributed by atoms with E-state index in [0.29, 0.717) is 43.8 Å². The molecule has 1 N–H and O–H groups in total. The van der Waals surface area contributed by atoms with Gasteiger partial charge in [0.15, 0.2) is 0 Å². The lowest BCUT2D eigenvalue weighted by Gasteiger charge is -2.28. The Bertz CT molecular complexity index is 1130. The molecule has 1 saturated heterocycles. The van der Waals surface area contributed by atoms with Crippen LogP contribution in [0.3, 0.4) is 0 Å². The lowest BCUT2D eigenvalue weighted by atomic mass is 9.79. The Morgan fingerprint density at radius 1 is 1.09 bits per heavy atom. The quantitative estimate of drug-likeness (QED) is 0.600. The normalized spacial score (nSPS) is 17.6. The molecule has 0 aliphatic carbocycles. The molecule has 0 saturated carbocycles. The first-order chi connectivity index (χ1) is 16.0. The fourth-order valence-corrected chi connectivity index (χ4v) is 4.53. The number of nitrogens with one attached hydrogen (secondary N) is 1. The van der Waals surface area contributed by atoms with Crippen LogP contribution in [-0.4, -0.2) is 48.4 Å². The van der Waals surface area contributed by atoms with Crippen LogP contribution in [0.15, 0.2) is 73.1 Å². The maximum Gasteiger partial charge on any atom is 0.254 e. The number of nitrogens with zero attached hydrogens (tertiary/aromatic N) is 2. The highest BCUT2D eigenvalue weighted by Crippen LogP contribution is 2.36. The van der Waals surface area contributed by atoms with Gasteiger partial charge in [0.05, 0.1) is 12.5 Å². The summed E-state index contributed by atoms with van der Waals surface area (Å²) in [5.74, 6) is 0.559. The van der Waals surface area contributed by atoms with E-state index >= 15 is 0 Å². The van der Waals surface area contributed by atoms with Gasteiger partial charge in [0.2, 0.25) is 5.91 Å². The zero-order valence-electron chi connectivity index (χ0n) is 19.1. The molecule has 33 heavy (non-hydrogen) atoms. The third-order valence-electron chi connectivity index (χ3n) is 6.24. The van der Waals surface area contributed by atoms with Crippen molar-refractivity contribution in [2.24, 2.45) is 5.41 Å². The average molecular weight is 444 g/mol. The van der Waals surface area contributed by atoms with Crippen molar-refractivity contribution in [1.82, 2.24) is 15.2 Å². The Labute approximate surface area is 194 Å². The number of methoxy groups -OCH3 is 1. The molecule has 4 rings (SSSR count). The number of likely N-dealkylation sites (tertiary alicyclic amines) is 1. The molecule has 1 fully saturated rings. The molecule has 0 spiro atoms. The lowest BCUT2D eigenvalue weighted by molar-refractivity contribution is -0.130. The summed E-state index contributed by atoms with van der Waals surface area (Å²) in [6.07, 6.45) is 4.77. The van der Waals surface area contributed by atoms with Gasteiger partial charge in [-0.2, -0.15) is 0 Å². The van der Waals surface area contributed by atoms with Gasteiger partial charge in [-0.15, -0.1) is 0 Å². The molecule has 0 unspecified atom stereocenters. The summed E-state index contributed by atoms with van der Waals surface area (Å²) in [7, 11) is 1.58. The van der Waals surface area contributed by atoms with Crippen LogP contribution in [0.1, 0.15) is 29.3 Å². The number of pyridine rings is 1. The van der Waals surface area contributed by atoms with Crippen molar-refractivity contribution in [3.8, 4) is 16.9 Å². The van der Waals surface area contributed by atoms with Crippen LogP contribution in [0.25, 0.3) is 11.1 Å². The molecule has 6 heteroatoms. The summed E-state index contributed by atoms with van der Waals surface area (Å²) in [6, 6.07) is 19.3. The van der Waals surface area contributed by atoms with Crippen molar-refractivity contribution in [1.29, 1.82) is 0 Å². The van der Waals surface area contributed by atoms with E-state index in [-0.39, 0.29) is 11.8 Å². The maximum absolute atomic E-state index is 13.3. The molecule has 6 nitrogen and oxygen atoms in total. The van der Waals surface area contributed by atoms with Gasteiger partial charge < -0.3 is 15.0 Å². The van der Waals surface area contributed by atoms with Crippen LogP contribution in [0.4, 0.5) is 0 Å². The largest absolute Gasteiger partial charge is 0.497 e. The molecule has 170 valence electrons. The molecule has 1 atom stereocenters. The Kier molecular flexibility index (Phi) is 6.73. The summed E-state index contributed by atoms with van der Waals surface area (Å²) in [5, 5.41) is 3.01. The van der Waals surface area contributed by atoms with Gasteiger partial charge in [-0.1, -0.05) is 36.4 Å². The summed E-state index contributed by atoms with van der Waals surface area (Å²) in [6.45, 7) is 3.39. The fourth-order valence-electron chi connectivity index (χ4n) is 4.53. The van der Waals surface area contributed by atoms with Crippen molar-refractivity contribution in [2.45, 2.75) is 19.8 Å². The monoisotopic (exact) mass is 443 g/mol. The number of hydrogen-bond acceptors (Lipinski definition) is 4. The van der Waals surface area contributed by atoms with Gasteiger partial charge in [-0.25, -0.2) is 0 Å². The van der Waals surface area contributed by atoms with E-state index in [0.717, 1.165) is 16.7 Å². The minimum atomic E-state index is -0.669. The van der Waals surface area contributed by atoms with Gasteiger partial charge >= 0.3 is 0 Å². The molecule has 2 amide bonds. The number of carbonyl (C=O) groups is 2. The molecule has 0 radical (unpaired) electrons. The third-order valence-corrected chi connectivity index (χ3v) is 6.24. The Morgan fingerprint density at radius 3 is 2.67 bits per heavy atom. The van der Waals surface area contributed by atoms with E-state index in [1.54, 1.807) is 30.3 Å². The molecule has 1 aromatic heterocycles. The molecule has 1 aliphatic heterocycles. The SMILES string of the molecule is CCNC(=O)[C@@]1(Cc2cccc(-c3cccnc3)c2)CCN(C(=O)c2cccc(OC)c2)C1. The van der Waals surface area contributed by atoms with Crippen LogP contribution in [0.5, 0.6) is 5.75 Å². The molecular weight excluding hydrogens is 414 g/mol. The Balaban J connectivity index is 1.59. The predicted molar refractivity (Wildman–Crippen MR) is 128 cm³/mol. The molecule has 2 heterocycles. The highest BCUT2D eigenvalue weighted by molar-refractivity contribution is 5.96. The van der Waals surface area contributed by atoms with E-state index in [2.05, 4.69) is 16.4 Å². The number of carbonyl (C=O) groups excluding carboxylic acids is 2. The van der Waals surface area contributed by atoms with Crippen LogP contribution in [-0.2, 0) is 11.2 Å². The first kappa shape index (κ1) is 22.5. The van der Waals surface area contributed by atoms with E-state index in [1.807, 2.05) is 55.6 Å². The fraction of sp³-hybridized carbons (Fsp3) is 0.296. The summed E-state index contributed by atoms with van der Waals surface area (Å²) in [4.78, 5) is 32.5. The highest BCUT2D eigenvalue weighted by Gasteiger charge is 2.46. The highest BCUT2D eigenvalue weighted by atomic mass is 16.5. The smallest absolute Gasteiger partial charge is 0.254 e. The topological polar surface area (TPSA) is 71.5 Å². The summed E-state index contributed by atoms with van der Waals surface area (Å²) in [5.41, 5.74) is 3.07. The number of amides is 2. The number of rotatable bonds is 7. The average Bonchev–Trinajstić information content (AvgIpc) is 3.29. The Hall–Kier alpha value is -3.67. The van der Waals surface area contributed by atoms with Crippen molar-refractivity contribution in [3.63, 3.8) is 0 Å². The van der Waals surface area contributed by atoms with Crippen molar-refractivity contribution in [2.75, 3.05) is 26.7 Å². The van der Waals surface area contributed by atoms with Crippen LogP contribution in [0.2, 0.25) is 0 Å². The van der Waals surface area contributed by atoms with E-state index in [9.17, 15) is 9.59 Å². The minimum absolute atomic E-state index is 0.00211. The second-order valence-electron chi connectivity index (χ2n) is 8.47. The number of ether oxygens (including phenoxy) is 1. The van der Waals surface area contributed by atoms with E-state index in [4.69, 9.17) is 4.74 Å². The zero-order valence-corrected chi connectivity index (χ0v) is 19.1. The number of aromatic nitrogens is 1. The van der Waals surface area contributed by atoms with Crippen LogP contribution < -0.4 is 10.1 Å². The van der Waals surface area contributed by atoms with Crippen LogP contribution >= 0.6 is 0 Å². The molecule has 1 aliphatic rings. The van der Waals surface area contributed by atoms with Crippen molar-refractivity contribution < 1.29 is 14.3 Å². The van der Waals surface area contributed by atoms with Gasteiger partial charge in [0.1, 0.15) is 5.75 Å². The van der Waals surface area contributed by atoms with E-state index < -0.39 is 5.41 Å². The van der Waals surface area contributed by atoms with Gasteiger partial charge in [-0.3, -0.25) is 14.6 Å². The zero-order chi connectivity index (χ0) is 23.3. The Morgan fingerprint density at radius 2 is 1.91 bits per heavy atom. The first-order valence-corrected chi connectivity index (χ1v) is 11.3. The molecule has 0 bridgehead atoms. The van der Waals surface area contributed by atoms with Crippen molar-refractivity contribution in [3.05, 3.63) is 84.2 Å². The number of benzene rings is 2. The summed E-state index contributed by atoms with van der Waals surface area (Å²) >= 11 is 0. The standard InChI is InChI=1S/C27H29N3O3/c1-3-29-26(32)27(17-20-7-4-8-21(15-20)23-10-6-13-28-18-23)12-14-30(19-27)25(31)22-9-5-11-24(16-22)33-2/h4-11,13,15-16,18H,3,12,14,17,19H2,1-2H3,(H,29,32)/t27-/m1/s1. The second kappa shape index (κ2) is 9.86. The number of hydrogen-bond donors (Lipinski definition) is 1. The van der Waals surface area contributed by atoms with Crippen LogP contribution in [0, 0.1) is 5.41 Å². The van der Waals surface area contributed by atoms with E-state index in [1.165, 1.54) is 0 Å².